The first-order valence-electron chi connectivity index (χ1n) is 9.14. The van der Waals surface area contributed by atoms with Gasteiger partial charge in [-0.2, -0.15) is 0 Å². The number of rotatable bonds is 5. The minimum absolute atomic E-state index is 0.207. The van der Waals surface area contributed by atoms with Crippen LogP contribution in [0.25, 0.3) is 6.08 Å². The lowest BCUT2D eigenvalue weighted by Crippen LogP contribution is -2.05. The van der Waals surface area contributed by atoms with E-state index in [9.17, 15) is 9.18 Å². The molecule has 0 bridgehead atoms. The molecule has 1 aliphatic rings. The van der Waals surface area contributed by atoms with Gasteiger partial charge in [0.2, 0.25) is 5.90 Å². The van der Waals surface area contributed by atoms with Gasteiger partial charge in [-0.3, -0.25) is 0 Å². The molecule has 3 aromatic carbocycles. The Balaban J connectivity index is 1.56. The van der Waals surface area contributed by atoms with E-state index in [1.54, 1.807) is 24.3 Å². The smallest absolute Gasteiger partial charge is 0.363 e. The summed E-state index contributed by atoms with van der Waals surface area (Å²) < 4.78 is 24.2. The fraction of sp³-hybridized carbons (Fsp3) is 0.0833. The molecule has 0 atom stereocenters. The van der Waals surface area contributed by atoms with Gasteiger partial charge in [-0.25, -0.2) is 14.2 Å². The highest BCUT2D eigenvalue weighted by atomic mass is 19.1. The topological polar surface area (TPSA) is 47.9 Å². The van der Waals surface area contributed by atoms with Gasteiger partial charge in [0.05, 0.1) is 0 Å². The Morgan fingerprint density at radius 2 is 1.72 bits per heavy atom. The first-order valence-corrected chi connectivity index (χ1v) is 9.14. The van der Waals surface area contributed by atoms with Gasteiger partial charge in [-0.05, 0) is 48.9 Å². The summed E-state index contributed by atoms with van der Waals surface area (Å²) in [4.78, 5) is 16.6. The van der Waals surface area contributed by atoms with Crippen LogP contribution in [-0.4, -0.2) is 11.9 Å². The molecule has 0 N–H and O–H groups in total. The lowest BCUT2D eigenvalue weighted by Gasteiger charge is -2.09. The predicted molar refractivity (Wildman–Crippen MR) is 109 cm³/mol. The highest BCUT2D eigenvalue weighted by Gasteiger charge is 2.24. The molecule has 29 heavy (non-hydrogen) atoms. The van der Waals surface area contributed by atoms with Crippen LogP contribution < -0.4 is 4.74 Å². The number of carbonyl (C=O) groups excluding carboxylic acids is 1. The van der Waals surface area contributed by atoms with Crippen molar-refractivity contribution in [1.82, 2.24) is 0 Å². The van der Waals surface area contributed by atoms with E-state index in [0.717, 1.165) is 16.7 Å². The van der Waals surface area contributed by atoms with Gasteiger partial charge >= 0.3 is 5.97 Å². The average molecular weight is 387 g/mol. The number of benzene rings is 3. The number of aryl methyl sites for hydroxylation is 1. The molecular formula is C24H18FNO3. The Labute approximate surface area is 167 Å². The average Bonchev–Trinajstić information content (AvgIpc) is 3.09. The molecule has 0 fully saturated rings. The molecule has 0 unspecified atom stereocenters. The Kier molecular flexibility index (Phi) is 5.20. The number of esters is 1. The molecule has 0 aliphatic carbocycles. The molecule has 144 valence electrons. The maximum absolute atomic E-state index is 13.0. The quantitative estimate of drug-likeness (QED) is 0.454. The van der Waals surface area contributed by atoms with Gasteiger partial charge in [0, 0.05) is 11.1 Å². The molecule has 4 nitrogen and oxygen atoms in total. The van der Waals surface area contributed by atoms with E-state index < -0.39 is 5.97 Å². The molecule has 0 aromatic heterocycles. The number of carbonyl (C=O) groups is 1. The summed E-state index contributed by atoms with van der Waals surface area (Å²) >= 11 is 0. The number of hydrogen-bond acceptors (Lipinski definition) is 4. The van der Waals surface area contributed by atoms with Crippen molar-refractivity contribution in [2.75, 3.05) is 0 Å². The summed E-state index contributed by atoms with van der Waals surface area (Å²) in [5.41, 5.74) is 3.61. The second kappa shape index (κ2) is 8.10. The van der Waals surface area contributed by atoms with Crippen LogP contribution in [0.5, 0.6) is 5.75 Å². The third-order valence-corrected chi connectivity index (χ3v) is 4.44. The maximum Gasteiger partial charge on any atom is 0.363 e. The van der Waals surface area contributed by atoms with Gasteiger partial charge in [0.15, 0.2) is 5.70 Å². The Bertz CT molecular complexity index is 1100. The van der Waals surface area contributed by atoms with Crippen LogP contribution in [-0.2, 0) is 16.1 Å². The lowest BCUT2D eigenvalue weighted by atomic mass is 10.1. The summed E-state index contributed by atoms with van der Waals surface area (Å²) in [5.74, 6) is 0.0804. The number of nitrogens with zero attached hydrogens (tertiary/aromatic N) is 1. The monoisotopic (exact) mass is 387 g/mol. The van der Waals surface area contributed by atoms with Crippen molar-refractivity contribution in [1.29, 1.82) is 0 Å². The Hall–Kier alpha value is -3.73. The van der Waals surface area contributed by atoms with E-state index in [2.05, 4.69) is 4.99 Å². The molecule has 0 saturated heterocycles. The third-order valence-electron chi connectivity index (χ3n) is 4.44. The van der Waals surface area contributed by atoms with E-state index in [4.69, 9.17) is 9.47 Å². The third kappa shape index (κ3) is 4.41. The van der Waals surface area contributed by atoms with Crippen LogP contribution in [0.15, 0.2) is 83.5 Å². The molecule has 1 heterocycles. The first kappa shape index (κ1) is 18.6. The number of cyclic esters (lactones) is 1. The number of halogens is 1. The highest BCUT2D eigenvalue weighted by molar-refractivity contribution is 6.12. The molecule has 5 heteroatoms. The van der Waals surface area contributed by atoms with Gasteiger partial charge in [0.25, 0.3) is 0 Å². The normalized spacial score (nSPS) is 14.6. The number of hydrogen-bond donors (Lipinski definition) is 0. The second-order valence-corrected chi connectivity index (χ2v) is 6.66. The lowest BCUT2D eigenvalue weighted by molar-refractivity contribution is -0.129. The molecule has 1 aliphatic heterocycles. The summed E-state index contributed by atoms with van der Waals surface area (Å²) in [6.07, 6.45) is 1.64. The van der Waals surface area contributed by atoms with Crippen molar-refractivity contribution in [2.45, 2.75) is 13.5 Å². The van der Waals surface area contributed by atoms with Crippen molar-refractivity contribution in [3.05, 3.63) is 107 Å². The van der Waals surface area contributed by atoms with Crippen molar-refractivity contribution in [2.24, 2.45) is 4.99 Å². The van der Waals surface area contributed by atoms with E-state index in [1.165, 1.54) is 12.1 Å². The van der Waals surface area contributed by atoms with Crippen LogP contribution in [0.1, 0.15) is 22.3 Å². The largest absolute Gasteiger partial charge is 0.488 e. The van der Waals surface area contributed by atoms with Crippen molar-refractivity contribution in [3.8, 4) is 5.75 Å². The molecular weight excluding hydrogens is 369 g/mol. The fourth-order valence-electron chi connectivity index (χ4n) is 2.85. The van der Waals surface area contributed by atoms with Crippen LogP contribution >= 0.6 is 0 Å². The molecule has 0 amide bonds. The van der Waals surface area contributed by atoms with Gasteiger partial charge in [0.1, 0.15) is 18.2 Å². The number of aliphatic imine (C=N–C) groups is 1. The van der Waals surface area contributed by atoms with Crippen LogP contribution in [0.2, 0.25) is 0 Å². The van der Waals surface area contributed by atoms with Gasteiger partial charge in [-0.1, -0.05) is 48.0 Å². The summed E-state index contributed by atoms with van der Waals surface area (Å²) in [7, 11) is 0. The minimum atomic E-state index is -0.506. The van der Waals surface area contributed by atoms with Crippen LogP contribution in [0.3, 0.4) is 0 Å². The van der Waals surface area contributed by atoms with Crippen molar-refractivity contribution in [3.63, 3.8) is 0 Å². The first-order chi connectivity index (χ1) is 14.1. The highest BCUT2D eigenvalue weighted by Crippen LogP contribution is 2.25. The van der Waals surface area contributed by atoms with Crippen molar-refractivity contribution < 1.29 is 18.7 Å². The Morgan fingerprint density at radius 3 is 2.48 bits per heavy atom. The molecule has 4 rings (SSSR count). The van der Waals surface area contributed by atoms with E-state index in [1.807, 2.05) is 49.4 Å². The zero-order valence-electron chi connectivity index (χ0n) is 15.8. The van der Waals surface area contributed by atoms with Crippen LogP contribution in [0.4, 0.5) is 4.39 Å². The zero-order valence-corrected chi connectivity index (χ0v) is 15.8. The van der Waals surface area contributed by atoms with E-state index in [-0.39, 0.29) is 24.0 Å². The predicted octanol–water partition coefficient (Wildman–Crippen LogP) is 5.06. The standard InChI is InChI=1S/C24H18FNO3/c1-16-6-10-18(11-7-16)23-26-21(24(27)29-23)14-19-4-2-3-5-22(19)28-15-17-8-12-20(25)13-9-17/h2-14H,15H2,1H3/b21-14+. The minimum Gasteiger partial charge on any atom is -0.488 e. The van der Waals surface area contributed by atoms with Crippen molar-refractivity contribution >= 4 is 17.9 Å². The number of ether oxygens (including phenoxy) is 2. The molecule has 0 radical (unpaired) electrons. The second-order valence-electron chi connectivity index (χ2n) is 6.66. The van der Waals surface area contributed by atoms with E-state index in [0.29, 0.717) is 11.3 Å². The number of para-hydroxylation sites is 1. The fourth-order valence-corrected chi connectivity index (χ4v) is 2.85. The SMILES string of the molecule is Cc1ccc(C2=N/C(=C/c3ccccc3OCc3ccc(F)cc3)C(=O)O2)cc1. The maximum atomic E-state index is 13.0. The molecule has 0 saturated carbocycles. The molecule has 3 aromatic rings. The Morgan fingerprint density at radius 1 is 1.00 bits per heavy atom. The van der Waals surface area contributed by atoms with E-state index >= 15 is 0 Å². The summed E-state index contributed by atoms with van der Waals surface area (Å²) in [6, 6.07) is 21.1. The van der Waals surface area contributed by atoms with Gasteiger partial charge < -0.3 is 9.47 Å². The van der Waals surface area contributed by atoms with Crippen LogP contribution in [0, 0.1) is 12.7 Å². The molecule has 0 spiro atoms. The summed E-state index contributed by atoms with van der Waals surface area (Å²) in [5, 5.41) is 0. The summed E-state index contributed by atoms with van der Waals surface area (Å²) in [6.45, 7) is 2.27. The van der Waals surface area contributed by atoms with Gasteiger partial charge in [-0.15, -0.1) is 0 Å². The zero-order chi connectivity index (χ0) is 20.2.